The standard InChI is InChI=1S/C22H21F3N4O3/c1-32-21(31)29-19-4-2-3-18(17(19)12-26-29)28-20(30)27-16-10-7-14(11-16)13-5-8-15(9-6-13)22(23,24)25/h2-6,8-9,12,14,16H,7,10-11H2,1H3,(H2,27,28,30)/t14-,16-/m0/s1. The normalized spacial score (nSPS) is 18.5. The summed E-state index contributed by atoms with van der Waals surface area (Å²) >= 11 is 0. The van der Waals surface area contributed by atoms with E-state index >= 15 is 0 Å². The first-order valence-corrected chi connectivity index (χ1v) is 10.1. The van der Waals surface area contributed by atoms with Crippen LogP contribution in [0.2, 0.25) is 0 Å². The molecule has 0 saturated heterocycles. The largest absolute Gasteiger partial charge is 0.451 e. The van der Waals surface area contributed by atoms with E-state index in [1.165, 1.54) is 25.4 Å². The van der Waals surface area contributed by atoms with Gasteiger partial charge in [-0.2, -0.15) is 23.0 Å². The van der Waals surface area contributed by atoms with Gasteiger partial charge in [0, 0.05) is 11.4 Å². The highest BCUT2D eigenvalue weighted by Crippen LogP contribution is 2.36. The second-order valence-electron chi connectivity index (χ2n) is 7.69. The SMILES string of the molecule is COC(=O)n1ncc2c(NC(=O)N[C@H]3CC[C@H](c4ccc(C(F)(F)F)cc4)C3)cccc21. The molecule has 0 radical (unpaired) electrons. The number of aromatic nitrogens is 2. The molecular formula is C22H21F3N4O3. The molecule has 2 atom stereocenters. The van der Waals surface area contributed by atoms with Crippen LogP contribution >= 0.6 is 0 Å². The van der Waals surface area contributed by atoms with Gasteiger partial charge in [-0.3, -0.25) is 0 Å². The van der Waals surface area contributed by atoms with Crippen LogP contribution in [0.15, 0.2) is 48.7 Å². The Kier molecular flexibility index (Phi) is 5.77. The summed E-state index contributed by atoms with van der Waals surface area (Å²) in [6.07, 6.45) is -1.38. The Bertz CT molecular complexity index is 1140. The van der Waals surface area contributed by atoms with Crippen molar-refractivity contribution in [2.75, 3.05) is 12.4 Å². The number of fused-ring (bicyclic) bond motifs is 1. The molecule has 2 amide bonds. The number of methoxy groups -OCH3 is 1. The lowest BCUT2D eigenvalue weighted by atomic mass is 9.96. The van der Waals surface area contributed by atoms with Crippen LogP contribution in [-0.4, -0.2) is 35.1 Å². The highest BCUT2D eigenvalue weighted by Gasteiger charge is 2.31. The molecule has 7 nitrogen and oxygen atoms in total. The summed E-state index contributed by atoms with van der Waals surface area (Å²) in [6, 6.07) is 9.79. The molecule has 3 aromatic rings. The summed E-state index contributed by atoms with van der Waals surface area (Å²) < 4.78 is 44.1. The lowest BCUT2D eigenvalue weighted by Crippen LogP contribution is -2.36. The van der Waals surface area contributed by atoms with Crippen LogP contribution in [0.25, 0.3) is 10.9 Å². The minimum Gasteiger partial charge on any atom is -0.451 e. The predicted octanol–water partition coefficient (Wildman–Crippen LogP) is 5.13. The first-order valence-electron chi connectivity index (χ1n) is 10.1. The lowest BCUT2D eigenvalue weighted by molar-refractivity contribution is -0.137. The van der Waals surface area contributed by atoms with Crippen molar-refractivity contribution >= 4 is 28.7 Å². The number of hydrogen-bond donors (Lipinski definition) is 2. The van der Waals surface area contributed by atoms with Gasteiger partial charge < -0.3 is 15.4 Å². The molecule has 1 fully saturated rings. The van der Waals surface area contributed by atoms with E-state index in [9.17, 15) is 22.8 Å². The van der Waals surface area contributed by atoms with E-state index in [1.807, 2.05) is 0 Å². The number of hydrogen-bond acceptors (Lipinski definition) is 4. The van der Waals surface area contributed by atoms with Crippen molar-refractivity contribution in [1.82, 2.24) is 15.1 Å². The van der Waals surface area contributed by atoms with Crippen molar-refractivity contribution in [2.45, 2.75) is 37.4 Å². The van der Waals surface area contributed by atoms with Crippen molar-refractivity contribution in [3.8, 4) is 0 Å². The minimum absolute atomic E-state index is 0.0873. The van der Waals surface area contributed by atoms with Gasteiger partial charge in [0.1, 0.15) is 0 Å². The highest BCUT2D eigenvalue weighted by molar-refractivity contribution is 6.02. The van der Waals surface area contributed by atoms with Crippen LogP contribution in [0.4, 0.5) is 28.4 Å². The zero-order valence-corrected chi connectivity index (χ0v) is 17.1. The molecule has 2 aromatic carbocycles. The smallest absolute Gasteiger partial charge is 0.434 e. The molecule has 0 bridgehead atoms. The Morgan fingerprint density at radius 2 is 1.88 bits per heavy atom. The fourth-order valence-corrected chi connectivity index (χ4v) is 4.10. The maximum Gasteiger partial charge on any atom is 0.434 e. The quantitative estimate of drug-likeness (QED) is 0.584. The van der Waals surface area contributed by atoms with Gasteiger partial charge in [0.15, 0.2) is 0 Å². The topological polar surface area (TPSA) is 85.2 Å². The van der Waals surface area contributed by atoms with E-state index in [1.54, 1.807) is 18.2 Å². The number of alkyl halides is 3. The molecule has 10 heteroatoms. The summed E-state index contributed by atoms with van der Waals surface area (Å²) in [5.41, 5.74) is 1.16. The van der Waals surface area contributed by atoms with Crippen LogP contribution in [0.5, 0.6) is 0 Å². The van der Waals surface area contributed by atoms with Gasteiger partial charge in [0.25, 0.3) is 0 Å². The summed E-state index contributed by atoms with van der Waals surface area (Å²) in [4.78, 5) is 24.3. The lowest BCUT2D eigenvalue weighted by Gasteiger charge is -2.15. The number of urea groups is 1. The van der Waals surface area contributed by atoms with Crippen LogP contribution < -0.4 is 10.6 Å². The molecule has 4 rings (SSSR count). The first kappa shape index (κ1) is 21.7. The third-order valence-corrected chi connectivity index (χ3v) is 5.69. The number of benzene rings is 2. The van der Waals surface area contributed by atoms with E-state index < -0.39 is 23.9 Å². The van der Waals surface area contributed by atoms with E-state index in [4.69, 9.17) is 0 Å². The number of nitrogens with one attached hydrogen (secondary N) is 2. The average Bonchev–Trinajstić information content (AvgIpc) is 3.40. The molecule has 1 saturated carbocycles. The summed E-state index contributed by atoms with van der Waals surface area (Å²) in [5, 5.41) is 10.3. The van der Waals surface area contributed by atoms with E-state index in [2.05, 4.69) is 20.5 Å². The Morgan fingerprint density at radius 3 is 2.56 bits per heavy atom. The Labute approximate surface area is 181 Å². The van der Waals surface area contributed by atoms with Gasteiger partial charge >= 0.3 is 18.3 Å². The molecule has 1 aromatic heterocycles. The maximum atomic E-state index is 12.8. The molecular weight excluding hydrogens is 425 g/mol. The third kappa shape index (κ3) is 4.39. The molecule has 0 unspecified atom stereocenters. The number of ether oxygens (including phenoxy) is 1. The van der Waals surface area contributed by atoms with Crippen molar-refractivity contribution in [3.05, 3.63) is 59.8 Å². The fourth-order valence-electron chi connectivity index (χ4n) is 4.10. The highest BCUT2D eigenvalue weighted by atomic mass is 19.4. The van der Waals surface area contributed by atoms with Gasteiger partial charge in [-0.05, 0) is 55.0 Å². The van der Waals surface area contributed by atoms with Gasteiger partial charge in [0.05, 0.1) is 30.1 Å². The molecule has 32 heavy (non-hydrogen) atoms. The summed E-state index contributed by atoms with van der Waals surface area (Å²) in [7, 11) is 1.25. The maximum absolute atomic E-state index is 12.8. The number of anilines is 1. The molecule has 2 N–H and O–H groups in total. The van der Waals surface area contributed by atoms with Crippen LogP contribution in [0, 0.1) is 0 Å². The first-order chi connectivity index (χ1) is 15.3. The Morgan fingerprint density at radius 1 is 1.12 bits per heavy atom. The zero-order chi connectivity index (χ0) is 22.9. The van der Waals surface area contributed by atoms with Crippen molar-refractivity contribution in [3.63, 3.8) is 0 Å². The molecule has 1 heterocycles. The van der Waals surface area contributed by atoms with Crippen molar-refractivity contribution < 1.29 is 27.5 Å². The number of carbonyl (C=O) groups is 2. The molecule has 1 aliphatic carbocycles. The summed E-state index contributed by atoms with van der Waals surface area (Å²) in [6.45, 7) is 0. The van der Waals surface area contributed by atoms with Gasteiger partial charge in [-0.1, -0.05) is 18.2 Å². The minimum atomic E-state index is -4.35. The molecule has 168 valence electrons. The molecule has 0 spiro atoms. The van der Waals surface area contributed by atoms with Crippen LogP contribution in [0.3, 0.4) is 0 Å². The van der Waals surface area contributed by atoms with E-state index in [0.29, 0.717) is 23.0 Å². The van der Waals surface area contributed by atoms with Gasteiger partial charge in [-0.15, -0.1) is 0 Å². The monoisotopic (exact) mass is 446 g/mol. The molecule has 1 aliphatic rings. The second-order valence-corrected chi connectivity index (χ2v) is 7.69. The van der Waals surface area contributed by atoms with Crippen LogP contribution in [0.1, 0.15) is 36.3 Å². The summed E-state index contributed by atoms with van der Waals surface area (Å²) in [5.74, 6) is 0.0873. The number of carbonyl (C=O) groups excluding carboxylic acids is 2. The van der Waals surface area contributed by atoms with Gasteiger partial charge in [-0.25, -0.2) is 9.59 Å². The van der Waals surface area contributed by atoms with Crippen molar-refractivity contribution in [2.24, 2.45) is 0 Å². The molecule has 0 aliphatic heterocycles. The van der Waals surface area contributed by atoms with E-state index in [0.717, 1.165) is 35.2 Å². The Balaban J connectivity index is 1.38. The fraction of sp³-hybridized carbons (Fsp3) is 0.318. The predicted molar refractivity (Wildman–Crippen MR) is 112 cm³/mol. The Hall–Kier alpha value is -3.56. The second kappa shape index (κ2) is 8.52. The zero-order valence-electron chi connectivity index (χ0n) is 17.1. The number of halogens is 3. The van der Waals surface area contributed by atoms with Crippen molar-refractivity contribution in [1.29, 1.82) is 0 Å². The third-order valence-electron chi connectivity index (χ3n) is 5.69. The average molecular weight is 446 g/mol. The number of amides is 2. The van der Waals surface area contributed by atoms with E-state index in [-0.39, 0.29) is 12.0 Å². The number of nitrogens with zero attached hydrogens (tertiary/aromatic N) is 2. The van der Waals surface area contributed by atoms with Gasteiger partial charge in [0.2, 0.25) is 0 Å². The van der Waals surface area contributed by atoms with Crippen LogP contribution in [-0.2, 0) is 10.9 Å². The number of rotatable bonds is 3.